The van der Waals surface area contributed by atoms with Crippen molar-refractivity contribution in [2.24, 2.45) is 0 Å². The maximum absolute atomic E-state index is 13.2. The molecule has 23 heavy (non-hydrogen) atoms. The lowest BCUT2D eigenvalue weighted by atomic mass is 9.92. The number of hydrogen-bond acceptors (Lipinski definition) is 4. The lowest BCUT2D eigenvalue weighted by molar-refractivity contribution is -0.172. The van der Waals surface area contributed by atoms with Crippen molar-refractivity contribution in [2.75, 3.05) is 26.2 Å². The minimum atomic E-state index is -0.629. The Bertz CT molecular complexity index is 567. The van der Waals surface area contributed by atoms with Gasteiger partial charge < -0.3 is 14.6 Å². The molecule has 4 nitrogen and oxygen atoms in total. The Hall–Kier alpha value is -1.01. The molecule has 2 aliphatic heterocycles. The highest BCUT2D eigenvalue weighted by Crippen LogP contribution is 2.35. The molecule has 0 amide bonds. The van der Waals surface area contributed by atoms with Crippen LogP contribution in [-0.2, 0) is 9.47 Å². The summed E-state index contributed by atoms with van der Waals surface area (Å²) < 4.78 is 25.2. The van der Waals surface area contributed by atoms with Gasteiger partial charge in [0.1, 0.15) is 11.4 Å². The molecule has 5 heteroatoms. The number of ether oxygens (including phenoxy) is 2. The van der Waals surface area contributed by atoms with E-state index in [1.165, 1.54) is 12.1 Å². The number of hydrogen-bond donors (Lipinski definition) is 1. The van der Waals surface area contributed by atoms with Gasteiger partial charge in [-0.2, -0.15) is 0 Å². The highest BCUT2D eigenvalue weighted by Gasteiger charge is 2.47. The van der Waals surface area contributed by atoms with Crippen LogP contribution in [-0.4, -0.2) is 54.1 Å². The zero-order chi connectivity index (χ0) is 16.6. The molecule has 0 aliphatic carbocycles. The third-order valence-electron chi connectivity index (χ3n) is 5.10. The number of β-amino-alcohol motifs (C(OH)–C–C–N with tert-alkyl or cyclic N) is 1. The highest BCUT2D eigenvalue weighted by molar-refractivity contribution is 5.28. The quantitative estimate of drug-likeness (QED) is 0.928. The molecule has 2 heterocycles. The summed E-state index contributed by atoms with van der Waals surface area (Å²) in [4.78, 5) is 2.24. The number of halogens is 1. The molecule has 1 aromatic carbocycles. The van der Waals surface area contributed by atoms with E-state index in [4.69, 9.17) is 9.47 Å². The summed E-state index contributed by atoms with van der Waals surface area (Å²) in [6.45, 7) is 8.74. The van der Waals surface area contributed by atoms with Gasteiger partial charge in [0.05, 0.1) is 18.3 Å². The summed E-state index contributed by atoms with van der Waals surface area (Å²) >= 11 is 0. The van der Waals surface area contributed by atoms with Crippen molar-refractivity contribution in [3.8, 4) is 0 Å². The maximum atomic E-state index is 13.2. The van der Waals surface area contributed by atoms with Gasteiger partial charge in [0.25, 0.3) is 0 Å². The lowest BCUT2D eigenvalue weighted by Crippen LogP contribution is -2.58. The van der Waals surface area contributed by atoms with Crippen LogP contribution < -0.4 is 0 Å². The first kappa shape index (κ1) is 16.8. The van der Waals surface area contributed by atoms with Crippen LogP contribution in [0.1, 0.15) is 37.5 Å². The van der Waals surface area contributed by atoms with Gasteiger partial charge in [-0.3, -0.25) is 4.90 Å². The second-order valence-corrected chi connectivity index (χ2v) is 6.97. The second kappa shape index (κ2) is 6.48. The van der Waals surface area contributed by atoms with Crippen molar-refractivity contribution in [1.82, 2.24) is 4.90 Å². The van der Waals surface area contributed by atoms with Gasteiger partial charge in [-0.05, 0) is 44.0 Å². The van der Waals surface area contributed by atoms with Crippen LogP contribution in [0.2, 0.25) is 0 Å². The molecular formula is C18H26FNO3. The van der Waals surface area contributed by atoms with Crippen molar-refractivity contribution < 1.29 is 19.0 Å². The standard InChI is InChI=1S/C18H26FNO3/c1-12-8-15(19)4-5-16(12)17(21)10-20-9-13(2)23-18(11-20)6-7-22-14(18)3/h4-5,8,13-14,17,21H,6-7,9-11H2,1-3H3. The fourth-order valence-corrected chi connectivity index (χ4v) is 3.90. The van der Waals surface area contributed by atoms with E-state index in [0.29, 0.717) is 6.54 Å². The molecule has 1 aromatic rings. The lowest BCUT2D eigenvalue weighted by Gasteiger charge is -2.45. The molecule has 4 unspecified atom stereocenters. The Morgan fingerprint density at radius 1 is 1.43 bits per heavy atom. The fourth-order valence-electron chi connectivity index (χ4n) is 3.90. The first-order chi connectivity index (χ1) is 10.9. The fraction of sp³-hybridized carbons (Fsp3) is 0.667. The average Bonchev–Trinajstić information content (AvgIpc) is 2.78. The van der Waals surface area contributed by atoms with Crippen molar-refractivity contribution >= 4 is 0 Å². The third-order valence-corrected chi connectivity index (χ3v) is 5.10. The zero-order valence-corrected chi connectivity index (χ0v) is 14.1. The predicted molar refractivity (Wildman–Crippen MR) is 85.8 cm³/mol. The van der Waals surface area contributed by atoms with Crippen LogP contribution in [0.15, 0.2) is 18.2 Å². The van der Waals surface area contributed by atoms with E-state index in [2.05, 4.69) is 18.7 Å². The average molecular weight is 323 g/mol. The number of benzene rings is 1. The van der Waals surface area contributed by atoms with E-state index >= 15 is 0 Å². The van der Waals surface area contributed by atoms with Gasteiger partial charge >= 0.3 is 0 Å². The van der Waals surface area contributed by atoms with E-state index in [-0.39, 0.29) is 23.6 Å². The molecule has 0 bridgehead atoms. The Labute approximate surface area is 137 Å². The van der Waals surface area contributed by atoms with Crippen LogP contribution in [0.4, 0.5) is 4.39 Å². The Balaban J connectivity index is 1.71. The smallest absolute Gasteiger partial charge is 0.123 e. The van der Waals surface area contributed by atoms with Gasteiger partial charge in [-0.25, -0.2) is 4.39 Å². The number of morpholine rings is 1. The summed E-state index contributed by atoms with van der Waals surface area (Å²) in [5.41, 5.74) is 1.30. The molecular weight excluding hydrogens is 297 g/mol. The normalized spacial score (nSPS) is 33.3. The van der Waals surface area contributed by atoms with E-state index in [1.54, 1.807) is 6.07 Å². The van der Waals surface area contributed by atoms with E-state index in [9.17, 15) is 9.50 Å². The number of aliphatic hydroxyl groups is 1. The molecule has 3 rings (SSSR count). The number of aryl methyl sites for hydroxylation is 1. The van der Waals surface area contributed by atoms with Crippen molar-refractivity contribution in [1.29, 1.82) is 0 Å². The number of rotatable bonds is 3. The van der Waals surface area contributed by atoms with E-state index in [1.807, 2.05) is 6.92 Å². The molecule has 0 aromatic heterocycles. The summed E-state index contributed by atoms with van der Waals surface area (Å²) in [7, 11) is 0. The first-order valence-electron chi connectivity index (χ1n) is 8.35. The summed E-state index contributed by atoms with van der Waals surface area (Å²) in [6, 6.07) is 4.55. The molecule has 0 saturated carbocycles. The van der Waals surface area contributed by atoms with Gasteiger partial charge in [-0.1, -0.05) is 6.07 Å². The SMILES string of the molecule is Cc1cc(F)ccc1C(O)CN1CC(C)OC2(CCOC2C)C1. The van der Waals surface area contributed by atoms with Crippen LogP contribution in [0.3, 0.4) is 0 Å². The molecule has 1 N–H and O–H groups in total. The minimum Gasteiger partial charge on any atom is -0.387 e. The molecule has 2 aliphatic rings. The Morgan fingerprint density at radius 2 is 2.22 bits per heavy atom. The Morgan fingerprint density at radius 3 is 2.87 bits per heavy atom. The van der Waals surface area contributed by atoms with Gasteiger partial charge in [0.15, 0.2) is 0 Å². The van der Waals surface area contributed by atoms with Crippen LogP contribution in [0.25, 0.3) is 0 Å². The van der Waals surface area contributed by atoms with Crippen molar-refractivity contribution in [3.63, 3.8) is 0 Å². The summed E-state index contributed by atoms with van der Waals surface area (Å²) in [5, 5.41) is 10.6. The topological polar surface area (TPSA) is 41.9 Å². The first-order valence-corrected chi connectivity index (χ1v) is 8.35. The molecule has 128 valence electrons. The van der Waals surface area contributed by atoms with Crippen LogP contribution in [0, 0.1) is 12.7 Å². The van der Waals surface area contributed by atoms with Gasteiger partial charge in [0, 0.05) is 32.7 Å². The minimum absolute atomic E-state index is 0.0671. The zero-order valence-electron chi connectivity index (χ0n) is 14.1. The number of nitrogens with zero attached hydrogens (tertiary/aromatic N) is 1. The summed E-state index contributed by atoms with van der Waals surface area (Å²) in [6.07, 6.45) is 0.433. The second-order valence-electron chi connectivity index (χ2n) is 6.97. The Kier molecular flexibility index (Phi) is 4.74. The monoisotopic (exact) mass is 323 g/mol. The third kappa shape index (κ3) is 3.43. The van der Waals surface area contributed by atoms with Gasteiger partial charge in [-0.15, -0.1) is 0 Å². The maximum Gasteiger partial charge on any atom is 0.123 e. The molecule has 2 saturated heterocycles. The number of aliphatic hydroxyl groups excluding tert-OH is 1. The molecule has 2 fully saturated rings. The van der Waals surface area contributed by atoms with Crippen LogP contribution >= 0.6 is 0 Å². The largest absolute Gasteiger partial charge is 0.387 e. The predicted octanol–water partition coefficient (Wildman–Crippen LogP) is 2.44. The van der Waals surface area contributed by atoms with E-state index in [0.717, 1.165) is 37.2 Å². The summed E-state index contributed by atoms with van der Waals surface area (Å²) in [5.74, 6) is -0.269. The van der Waals surface area contributed by atoms with Crippen molar-refractivity contribution in [2.45, 2.75) is 51.1 Å². The molecule has 0 radical (unpaired) electrons. The van der Waals surface area contributed by atoms with Crippen molar-refractivity contribution in [3.05, 3.63) is 35.1 Å². The van der Waals surface area contributed by atoms with E-state index < -0.39 is 6.10 Å². The molecule has 4 atom stereocenters. The van der Waals surface area contributed by atoms with Gasteiger partial charge in [0.2, 0.25) is 0 Å². The highest BCUT2D eigenvalue weighted by atomic mass is 19.1. The van der Waals surface area contributed by atoms with Crippen LogP contribution in [0.5, 0.6) is 0 Å². The molecule has 1 spiro atoms.